The van der Waals surface area contributed by atoms with Gasteiger partial charge in [0.2, 0.25) is 5.88 Å². The van der Waals surface area contributed by atoms with Gasteiger partial charge in [0.15, 0.2) is 0 Å². The first-order valence-electron chi connectivity index (χ1n) is 6.04. The lowest BCUT2D eigenvalue weighted by Crippen LogP contribution is -2.21. The van der Waals surface area contributed by atoms with Gasteiger partial charge in [-0.3, -0.25) is 4.98 Å². The molecule has 1 aromatic rings. The average molecular weight is 237 g/mol. The minimum Gasteiger partial charge on any atom is -0.476 e. The van der Waals surface area contributed by atoms with E-state index < -0.39 is 0 Å². The zero-order chi connectivity index (χ0) is 11.9. The quantitative estimate of drug-likeness (QED) is 0.828. The van der Waals surface area contributed by atoms with Crippen molar-refractivity contribution in [2.24, 2.45) is 5.92 Å². The van der Waals surface area contributed by atoms with Gasteiger partial charge in [-0.25, -0.2) is 4.98 Å². The van der Waals surface area contributed by atoms with Crippen LogP contribution in [0.1, 0.15) is 18.5 Å². The summed E-state index contributed by atoms with van der Waals surface area (Å²) >= 11 is 0. The summed E-state index contributed by atoms with van der Waals surface area (Å²) in [6, 6.07) is 0. The summed E-state index contributed by atoms with van der Waals surface area (Å²) in [5, 5.41) is 3.04. The third-order valence-corrected chi connectivity index (χ3v) is 2.83. The molecule has 1 aromatic heterocycles. The molecule has 5 nitrogen and oxygen atoms in total. The second-order valence-electron chi connectivity index (χ2n) is 4.25. The van der Waals surface area contributed by atoms with Gasteiger partial charge in [-0.15, -0.1) is 0 Å². The molecule has 1 saturated heterocycles. The molecule has 94 valence electrons. The summed E-state index contributed by atoms with van der Waals surface area (Å²) in [5.74, 6) is 1.20. The zero-order valence-electron chi connectivity index (χ0n) is 10.2. The molecule has 1 aliphatic heterocycles. The molecule has 0 unspecified atom stereocenters. The third-order valence-electron chi connectivity index (χ3n) is 2.83. The Hall–Kier alpha value is -1.20. The van der Waals surface area contributed by atoms with Crippen molar-refractivity contribution in [1.82, 2.24) is 15.3 Å². The molecule has 0 aliphatic carbocycles. The van der Waals surface area contributed by atoms with E-state index in [0.717, 1.165) is 31.7 Å². The number of hydrogen-bond donors (Lipinski definition) is 1. The van der Waals surface area contributed by atoms with Crippen LogP contribution in [-0.2, 0) is 11.3 Å². The van der Waals surface area contributed by atoms with Gasteiger partial charge in [0.1, 0.15) is 0 Å². The van der Waals surface area contributed by atoms with E-state index in [-0.39, 0.29) is 0 Å². The van der Waals surface area contributed by atoms with Crippen LogP contribution in [0.2, 0.25) is 0 Å². The SMILES string of the molecule is CNCc1cncc(OCC2CCOCC2)n1. The van der Waals surface area contributed by atoms with Gasteiger partial charge in [0.25, 0.3) is 0 Å². The maximum atomic E-state index is 5.68. The van der Waals surface area contributed by atoms with Crippen molar-refractivity contribution >= 4 is 0 Å². The van der Waals surface area contributed by atoms with Crippen LogP contribution in [-0.4, -0.2) is 36.8 Å². The fraction of sp³-hybridized carbons (Fsp3) is 0.667. The molecule has 17 heavy (non-hydrogen) atoms. The van der Waals surface area contributed by atoms with Gasteiger partial charge in [0, 0.05) is 26.0 Å². The van der Waals surface area contributed by atoms with Gasteiger partial charge in [0.05, 0.1) is 18.5 Å². The predicted molar refractivity (Wildman–Crippen MR) is 63.8 cm³/mol. The molecule has 0 bridgehead atoms. The molecule has 1 aliphatic rings. The van der Waals surface area contributed by atoms with Crippen molar-refractivity contribution in [3.8, 4) is 5.88 Å². The highest BCUT2D eigenvalue weighted by Gasteiger charge is 2.14. The lowest BCUT2D eigenvalue weighted by Gasteiger charge is -2.21. The van der Waals surface area contributed by atoms with Crippen LogP contribution in [0.25, 0.3) is 0 Å². The first kappa shape index (κ1) is 12.3. The molecule has 0 amide bonds. The molecule has 0 saturated carbocycles. The predicted octanol–water partition coefficient (Wildman–Crippen LogP) is 1.00. The van der Waals surface area contributed by atoms with Gasteiger partial charge < -0.3 is 14.8 Å². The van der Waals surface area contributed by atoms with Crippen LogP contribution in [0.3, 0.4) is 0 Å². The van der Waals surface area contributed by atoms with Gasteiger partial charge in [-0.1, -0.05) is 0 Å². The Bertz CT molecular complexity index is 340. The van der Waals surface area contributed by atoms with E-state index in [0.29, 0.717) is 24.9 Å². The van der Waals surface area contributed by atoms with Gasteiger partial charge in [-0.05, 0) is 25.8 Å². The lowest BCUT2D eigenvalue weighted by molar-refractivity contribution is 0.0489. The third kappa shape index (κ3) is 3.94. The molecule has 1 fully saturated rings. The van der Waals surface area contributed by atoms with Crippen LogP contribution < -0.4 is 10.1 Å². The summed E-state index contributed by atoms with van der Waals surface area (Å²) in [6.45, 7) is 3.11. The molecule has 0 spiro atoms. The van der Waals surface area contributed by atoms with Crippen LogP contribution in [0.4, 0.5) is 0 Å². The molecule has 2 heterocycles. The molecular formula is C12H19N3O2. The topological polar surface area (TPSA) is 56.3 Å². The largest absolute Gasteiger partial charge is 0.476 e. The van der Waals surface area contributed by atoms with Gasteiger partial charge in [-0.2, -0.15) is 0 Å². The number of ether oxygens (including phenoxy) is 2. The number of aromatic nitrogens is 2. The Morgan fingerprint density at radius 3 is 3.00 bits per heavy atom. The summed E-state index contributed by atoms with van der Waals surface area (Å²) in [6.07, 6.45) is 5.56. The summed E-state index contributed by atoms with van der Waals surface area (Å²) in [4.78, 5) is 8.48. The number of nitrogens with zero attached hydrogens (tertiary/aromatic N) is 2. The fourth-order valence-electron chi connectivity index (χ4n) is 1.84. The maximum absolute atomic E-state index is 5.68. The van der Waals surface area contributed by atoms with E-state index in [9.17, 15) is 0 Å². The summed E-state index contributed by atoms with van der Waals surface area (Å²) in [7, 11) is 1.89. The molecule has 0 radical (unpaired) electrons. The Morgan fingerprint density at radius 2 is 2.24 bits per heavy atom. The van der Waals surface area contributed by atoms with E-state index in [4.69, 9.17) is 9.47 Å². The maximum Gasteiger partial charge on any atom is 0.232 e. The number of hydrogen-bond acceptors (Lipinski definition) is 5. The Morgan fingerprint density at radius 1 is 1.41 bits per heavy atom. The van der Waals surface area contributed by atoms with Crippen molar-refractivity contribution in [3.63, 3.8) is 0 Å². The summed E-state index contributed by atoms with van der Waals surface area (Å²) < 4.78 is 11.0. The van der Waals surface area contributed by atoms with Gasteiger partial charge >= 0.3 is 0 Å². The number of rotatable bonds is 5. The Kier molecular flexibility index (Phi) is 4.70. The molecule has 0 atom stereocenters. The van der Waals surface area contributed by atoms with Crippen molar-refractivity contribution in [3.05, 3.63) is 18.1 Å². The minimum atomic E-state index is 0.582. The standard InChI is InChI=1S/C12H19N3O2/c1-13-6-11-7-14-8-12(15-11)17-9-10-2-4-16-5-3-10/h7-8,10,13H,2-6,9H2,1H3. The zero-order valence-corrected chi connectivity index (χ0v) is 10.2. The lowest BCUT2D eigenvalue weighted by atomic mass is 10.0. The minimum absolute atomic E-state index is 0.582. The fourth-order valence-corrected chi connectivity index (χ4v) is 1.84. The highest BCUT2D eigenvalue weighted by atomic mass is 16.5. The van der Waals surface area contributed by atoms with E-state index in [1.807, 2.05) is 7.05 Å². The van der Waals surface area contributed by atoms with E-state index >= 15 is 0 Å². The highest BCUT2D eigenvalue weighted by molar-refractivity contribution is 5.08. The molecule has 0 aromatic carbocycles. The second kappa shape index (κ2) is 6.51. The van der Waals surface area contributed by atoms with Crippen molar-refractivity contribution < 1.29 is 9.47 Å². The average Bonchev–Trinajstić information content (AvgIpc) is 2.39. The van der Waals surface area contributed by atoms with E-state index in [1.165, 1.54) is 0 Å². The highest BCUT2D eigenvalue weighted by Crippen LogP contribution is 2.16. The van der Waals surface area contributed by atoms with Crippen LogP contribution in [0.5, 0.6) is 5.88 Å². The first-order valence-corrected chi connectivity index (χ1v) is 6.04. The first-order chi connectivity index (χ1) is 8.38. The normalized spacial score (nSPS) is 17.0. The van der Waals surface area contributed by atoms with Crippen LogP contribution in [0, 0.1) is 5.92 Å². The molecule has 2 rings (SSSR count). The van der Waals surface area contributed by atoms with E-state index in [2.05, 4.69) is 15.3 Å². The van der Waals surface area contributed by atoms with Crippen molar-refractivity contribution in [2.75, 3.05) is 26.9 Å². The molecule has 1 N–H and O–H groups in total. The Labute approximate surface area is 102 Å². The van der Waals surface area contributed by atoms with Crippen LogP contribution >= 0.6 is 0 Å². The molecular weight excluding hydrogens is 218 g/mol. The molecule has 5 heteroatoms. The Balaban J connectivity index is 1.83. The number of nitrogens with one attached hydrogen (secondary N) is 1. The van der Waals surface area contributed by atoms with Crippen molar-refractivity contribution in [1.29, 1.82) is 0 Å². The summed E-state index contributed by atoms with van der Waals surface area (Å²) in [5.41, 5.74) is 0.900. The smallest absolute Gasteiger partial charge is 0.232 e. The van der Waals surface area contributed by atoms with Crippen molar-refractivity contribution in [2.45, 2.75) is 19.4 Å². The van der Waals surface area contributed by atoms with E-state index in [1.54, 1.807) is 12.4 Å². The monoisotopic (exact) mass is 237 g/mol. The second-order valence-corrected chi connectivity index (χ2v) is 4.25. The van der Waals surface area contributed by atoms with Crippen LogP contribution in [0.15, 0.2) is 12.4 Å².